The van der Waals surface area contributed by atoms with Gasteiger partial charge in [-0.3, -0.25) is 48.7 Å². The topological polar surface area (TPSA) is 308 Å². The summed E-state index contributed by atoms with van der Waals surface area (Å²) in [6.07, 6.45) is 0.182. The third-order valence-electron chi connectivity index (χ3n) is 8.93. The van der Waals surface area contributed by atoms with Gasteiger partial charge >= 0.3 is 5.97 Å². The number of ketones is 1. The Kier molecular flexibility index (Phi) is 18.0. The molecule has 1 heterocycles. The van der Waals surface area contributed by atoms with Gasteiger partial charge in [-0.2, -0.15) is 0 Å². The summed E-state index contributed by atoms with van der Waals surface area (Å²) in [6, 6.07) is -5.80. The number of carboxylic acid groups (broad SMARTS) is 1. The fraction of sp³-hybridized carbons (Fsp3) is 0.743. The molecule has 54 heavy (non-hydrogen) atoms. The highest BCUT2D eigenvalue weighted by Crippen LogP contribution is 2.24. The first-order chi connectivity index (χ1) is 24.8. The van der Waals surface area contributed by atoms with E-state index in [0.29, 0.717) is 6.42 Å². The van der Waals surface area contributed by atoms with Crippen LogP contribution in [0.3, 0.4) is 0 Å². The minimum absolute atomic E-state index is 0.0747. The molecular formula is C35H62N10O9. The number of nitrogens with one attached hydrogen (secondary N) is 7. The lowest BCUT2D eigenvalue weighted by Gasteiger charge is -2.34. The number of carbonyl (C=O) groups is 8. The smallest absolute Gasteiger partial charge is 0.305 e. The number of guanidine groups is 1. The molecule has 1 rings (SSSR count). The zero-order valence-electron chi connectivity index (χ0n) is 33.0. The van der Waals surface area contributed by atoms with Gasteiger partial charge in [-0.1, -0.05) is 34.6 Å². The number of nitrogens with two attached hydrogens (primary N) is 2. The van der Waals surface area contributed by atoms with Crippen molar-refractivity contribution in [2.24, 2.45) is 22.8 Å². The van der Waals surface area contributed by atoms with Crippen LogP contribution < -0.4 is 43.4 Å². The van der Waals surface area contributed by atoms with Crippen LogP contribution in [0.5, 0.6) is 0 Å². The minimum Gasteiger partial charge on any atom is -0.481 e. The van der Waals surface area contributed by atoms with Gasteiger partial charge in [-0.05, 0) is 65.3 Å². The largest absolute Gasteiger partial charge is 0.481 e. The van der Waals surface area contributed by atoms with Gasteiger partial charge in [0.2, 0.25) is 35.4 Å². The Morgan fingerprint density at radius 1 is 0.815 bits per heavy atom. The van der Waals surface area contributed by atoms with Crippen molar-refractivity contribution in [1.29, 1.82) is 5.41 Å². The standard InChI is InChI=1S/C35H62N10O9/c1-18(2)26(49)21(17-25(47)48)42-32(54)35(8,9)44-29(51)20(12-10-14-39-33(37)38)40-28(50)22(16-24(36)46)41-31(53)27(34(5,6)7)43-30(52)23-13-11-15-45(23)19(3)4/h18-23,27H,10-17H2,1-9H3,(H2,36,46)(H,40,50)(H,41,53)(H,42,54)(H,43,52)(H,44,51)(H,47,48)(H4,37,38,39)/t20-,21+,22-,23-,27+/m1/s1. The average Bonchev–Trinajstić information content (AvgIpc) is 3.53. The monoisotopic (exact) mass is 766 g/mol. The maximum atomic E-state index is 13.8. The summed E-state index contributed by atoms with van der Waals surface area (Å²) < 4.78 is 0. The van der Waals surface area contributed by atoms with Crippen LogP contribution in [0, 0.1) is 16.7 Å². The van der Waals surface area contributed by atoms with Crippen molar-refractivity contribution in [3.8, 4) is 0 Å². The van der Waals surface area contributed by atoms with E-state index in [-0.39, 0.29) is 37.3 Å². The summed E-state index contributed by atoms with van der Waals surface area (Å²) in [7, 11) is 0. The molecule has 0 aromatic heterocycles. The predicted octanol–water partition coefficient (Wildman–Crippen LogP) is -1.42. The van der Waals surface area contributed by atoms with E-state index < -0.39 is 101 Å². The van der Waals surface area contributed by atoms with Crippen molar-refractivity contribution >= 4 is 53.2 Å². The van der Waals surface area contributed by atoms with E-state index >= 15 is 0 Å². The quantitative estimate of drug-likeness (QED) is 0.0366. The maximum Gasteiger partial charge on any atom is 0.305 e. The third-order valence-corrected chi connectivity index (χ3v) is 8.93. The van der Waals surface area contributed by atoms with Crippen molar-refractivity contribution in [3.63, 3.8) is 0 Å². The molecule has 1 saturated heterocycles. The molecule has 6 amide bonds. The van der Waals surface area contributed by atoms with E-state index in [9.17, 15) is 43.5 Å². The van der Waals surface area contributed by atoms with Crippen molar-refractivity contribution in [3.05, 3.63) is 0 Å². The number of nitrogens with zero attached hydrogens (tertiary/aromatic N) is 1. The number of carboxylic acids is 1. The number of primary amides is 1. The number of hydrogen-bond donors (Lipinski definition) is 10. The lowest BCUT2D eigenvalue weighted by Crippen LogP contribution is -2.63. The molecule has 1 aliphatic heterocycles. The fourth-order valence-electron chi connectivity index (χ4n) is 5.93. The van der Waals surface area contributed by atoms with Crippen LogP contribution in [-0.2, 0) is 38.4 Å². The number of aliphatic carboxylic acids is 1. The first-order valence-corrected chi connectivity index (χ1v) is 18.2. The number of likely N-dealkylation sites (tertiary alicyclic amines) is 1. The number of carbonyl (C=O) groups excluding carboxylic acids is 7. The van der Waals surface area contributed by atoms with Crippen molar-refractivity contribution in [2.75, 3.05) is 13.1 Å². The second-order valence-electron chi connectivity index (χ2n) is 15.9. The molecule has 12 N–H and O–H groups in total. The average molecular weight is 767 g/mol. The van der Waals surface area contributed by atoms with E-state index in [1.54, 1.807) is 34.6 Å². The van der Waals surface area contributed by atoms with E-state index in [1.807, 2.05) is 18.7 Å². The van der Waals surface area contributed by atoms with Crippen LogP contribution in [0.15, 0.2) is 0 Å². The van der Waals surface area contributed by atoms with Gasteiger partial charge in [0.25, 0.3) is 0 Å². The van der Waals surface area contributed by atoms with Gasteiger partial charge in [-0.25, -0.2) is 0 Å². The highest BCUT2D eigenvalue weighted by Gasteiger charge is 2.41. The third kappa shape index (κ3) is 15.3. The summed E-state index contributed by atoms with van der Waals surface area (Å²) >= 11 is 0. The fourth-order valence-corrected chi connectivity index (χ4v) is 5.93. The van der Waals surface area contributed by atoms with Crippen molar-refractivity contribution < 1.29 is 43.5 Å². The molecule has 0 aromatic carbocycles. The molecule has 0 aliphatic carbocycles. The summed E-state index contributed by atoms with van der Waals surface area (Å²) in [5, 5.41) is 32.0. The molecule has 0 spiro atoms. The normalized spacial score (nSPS) is 17.1. The Hall–Kier alpha value is -4.81. The highest BCUT2D eigenvalue weighted by molar-refractivity contribution is 5.99. The molecule has 1 aliphatic rings. The number of Topliss-reactive ketones (excluding diaryl/α,β-unsaturated/α-hetero) is 1. The van der Waals surface area contributed by atoms with Gasteiger partial charge in [0.05, 0.1) is 24.9 Å². The van der Waals surface area contributed by atoms with Gasteiger partial charge in [0, 0.05) is 18.5 Å². The summed E-state index contributed by atoms with van der Waals surface area (Å²) in [5.41, 5.74) is 8.24. The van der Waals surface area contributed by atoms with Crippen molar-refractivity contribution in [2.45, 2.75) is 143 Å². The Morgan fingerprint density at radius 3 is 1.91 bits per heavy atom. The van der Waals surface area contributed by atoms with Crippen LogP contribution >= 0.6 is 0 Å². The Morgan fingerprint density at radius 2 is 1.41 bits per heavy atom. The van der Waals surface area contributed by atoms with E-state index in [4.69, 9.17) is 16.9 Å². The Bertz CT molecular complexity index is 1410. The minimum atomic E-state index is -1.73. The molecule has 306 valence electrons. The second kappa shape index (κ2) is 20.6. The lowest BCUT2D eigenvalue weighted by atomic mass is 9.85. The summed E-state index contributed by atoms with van der Waals surface area (Å²) in [4.78, 5) is 106. The zero-order valence-corrected chi connectivity index (χ0v) is 33.0. The molecule has 0 aromatic rings. The molecular weight excluding hydrogens is 704 g/mol. The number of hydrogen-bond acceptors (Lipinski definition) is 10. The summed E-state index contributed by atoms with van der Waals surface area (Å²) in [5.74, 6) is -7.53. The SMILES string of the molecule is CC(C)C(=O)[C@H](CC(=O)O)NC(=O)C(C)(C)NC(=O)[C@@H](CCCNC(=N)N)NC(=O)[C@@H](CC(N)=O)NC(=O)[C@H](NC(=O)[C@H]1CCCN1C(C)C)C(C)(C)C. The van der Waals surface area contributed by atoms with Crippen LogP contribution in [0.4, 0.5) is 0 Å². The van der Waals surface area contributed by atoms with Gasteiger partial charge in [-0.15, -0.1) is 0 Å². The van der Waals surface area contributed by atoms with Crippen LogP contribution in [-0.4, -0.2) is 118 Å². The van der Waals surface area contributed by atoms with E-state index in [2.05, 4.69) is 31.9 Å². The molecule has 1 fully saturated rings. The first kappa shape index (κ1) is 47.2. The van der Waals surface area contributed by atoms with Gasteiger partial charge in [0.1, 0.15) is 23.7 Å². The Balaban J connectivity index is 3.31. The molecule has 0 bridgehead atoms. The first-order valence-electron chi connectivity index (χ1n) is 18.2. The van der Waals surface area contributed by atoms with E-state index in [0.717, 1.165) is 13.0 Å². The van der Waals surface area contributed by atoms with Crippen LogP contribution in [0.1, 0.15) is 101 Å². The second-order valence-corrected chi connectivity index (χ2v) is 15.9. The maximum absolute atomic E-state index is 13.8. The number of amides is 6. The zero-order chi connectivity index (χ0) is 41.7. The highest BCUT2D eigenvalue weighted by atomic mass is 16.4. The lowest BCUT2D eigenvalue weighted by molar-refractivity contribution is -0.142. The van der Waals surface area contributed by atoms with Crippen molar-refractivity contribution in [1.82, 2.24) is 36.8 Å². The van der Waals surface area contributed by atoms with Crippen LogP contribution in [0.25, 0.3) is 0 Å². The molecule has 19 heteroatoms. The molecule has 0 radical (unpaired) electrons. The molecule has 5 atom stereocenters. The predicted molar refractivity (Wildman–Crippen MR) is 199 cm³/mol. The van der Waals surface area contributed by atoms with Gasteiger partial charge in [0.15, 0.2) is 11.7 Å². The molecule has 0 unspecified atom stereocenters. The summed E-state index contributed by atoms with van der Waals surface area (Å²) in [6.45, 7) is 15.7. The molecule has 19 nitrogen and oxygen atoms in total. The number of rotatable bonds is 21. The molecule has 0 saturated carbocycles. The van der Waals surface area contributed by atoms with Gasteiger partial charge < -0.3 is 48.5 Å². The van der Waals surface area contributed by atoms with Crippen LogP contribution in [0.2, 0.25) is 0 Å². The Labute approximate surface area is 317 Å². The van der Waals surface area contributed by atoms with E-state index in [1.165, 1.54) is 13.8 Å².